The van der Waals surface area contributed by atoms with E-state index in [2.05, 4.69) is 6.92 Å². The first kappa shape index (κ1) is 22.3. The van der Waals surface area contributed by atoms with Crippen LogP contribution < -0.4 is 4.74 Å². The Bertz CT molecular complexity index is 265. The monoisotopic (exact) mass is 280 g/mol. The number of benzene rings is 1. The second-order valence-electron chi connectivity index (χ2n) is 4.64. The van der Waals surface area contributed by atoms with E-state index in [1.165, 1.54) is 51.4 Å². The summed E-state index contributed by atoms with van der Waals surface area (Å²) < 4.78 is 5.65. The third-order valence-electron chi connectivity index (χ3n) is 3.01. The number of ether oxygens (including phenoxy) is 1. The molecular formula is C16H26Na2O. The van der Waals surface area contributed by atoms with E-state index in [-0.39, 0.29) is 59.1 Å². The maximum atomic E-state index is 5.65. The topological polar surface area (TPSA) is 9.23 Å². The van der Waals surface area contributed by atoms with Crippen molar-refractivity contribution in [2.45, 2.75) is 58.3 Å². The molecule has 0 aromatic heterocycles. The van der Waals surface area contributed by atoms with Gasteiger partial charge in [0.05, 0.1) is 6.61 Å². The van der Waals surface area contributed by atoms with Crippen LogP contribution in [0.3, 0.4) is 0 Å². The normalized spacial score (nSPS) is 9.32. The molecule has 0 amide bonds. The minimum atomic E-state index is 0. The van der Waals surface area contributed by atoms with Gasteiger partial charge in [-0.3, -0.25) is 0 Å². The summed E-state index contributed by atoms with van der Waals surface area (Å²) in [6.07, 6.45) is 10.8. The molecule has 0 spiro atoms. The van der Waals surface area contributed by atoms with Gasteiger partial charge in [0.25, 0.3) is 0 Å². The number of rotatable bonds is 10. The van der Waals surface area contributed by atoms with Gasteiger partial charge in [0.15, 0.2) is 0 Å². The van der Waals surface area contributed by atoms with Crippen LogP contribution in [0.5, 0.6) is 5.75 Å². The SMILES string of the molecule is CCCCCCCCCCOc1ccccc1.[Na].[Na]. The Morgan fingerprint density at radius 3 is 1.84 bits per heavy atom. The standard InChI is InChI=1S/C16H26O.2Na/c1-2-3-4-5-6-7-8-12-15-17-16-13-10-9-11-14-16;;/h9-11,13-14H,2-8,12,15H2,1H3;;. The second kappa shape index (κ2) is 17.1. The van der Waals surface area contributed by atoms with E-state index in [4.69, 9.17) is 4.74 Å². The fourth-order valence-electron chi connectivity index (χ4n) is 1.94. The van der Waals surface area contributed by atoms with Crippen molar-refractivity contribution >= 4 is 59.1 Å². The number of para-hydroxylation sites is 1. The predicted octanol–water partition coefficient (Wildman–Crippen LogP) is 4.44. The van der Waals surface area contributed by atoms with Crippen LogP contribution in [0.25, 0.3) is 0 Å². The van der Waals surface area contributed by atoms with E-state index < -0.39 is 0 Å². The Morgan fingerprint density at radius 1 is 0.737 bits per heavy atom. The van der Waals surface area contributed by atoms with Crippen LogP contribution in [0.4, 0.5) is 0 Å². The molecule has 0 unspecified atom stereocenters. The van der Waals surface area contributed by atoms with Crippen molar-refractivity contribution in [3.05, 3.63) is 30.3 Å². The summed E-state index contributed by atoms with van der Waals surface area (Å²) in [4.78, 5) is 0. The molecule has 19 heavy (non-hydrogen) atoms. The van der Waals surface area contributed by atoms with Crippen LogP contribution >= 0.6 is 0 Å². The Balaban J connectivity index is 0. The zero-order valence-corrected chi connectivity index (χ0v) is 17.2. The van der Waals surface area contributed by atoms with Crippen molar-refractivity contribution in [2.75, 3.05) is 6.61 Å². The molecule has 3 heteroatoms. The average molecular weight is 280 g/mol. The zero-order chi connectivity index (χ0) is 12.2. The van der Waals surface area contributed by atoms with Crippen molar-refractivity contribution in [3.8, 4) is 5.75 Å². The number of hydrogen-bond donors (Lipinski definition) is 0. The molecule has 0 fully saturated rings. The first-order valence-corrected chi connectivity index (χ1v) is 7.11. The van der Waals surface area contributed by atoms with Crippen molar-refractivity contribution in [3.63, 3.8) is 0 Å². The summed E-state index contributed by atoms with van der Waals surface area (Å²) >= 11 is 0. The molecular weight excluding hydrogens is 254 g/mol. The average Bonchev–Trinajstić information content (AvgIpc) is 2.38. The molecule has 98 valence electrons. The number of unbranched alkanes of at least 4 members (excludes halogenated alkanes) is 7. The van der Waals surface area contributed by atoms with Crippen LogP contribution in [0.2, 0.25) is 0 Å². The molecule has 1 aromatic rings. The Kier molecular flexibility index (Phi) is 20.0. The zero-order valence-electron chi connectivity index (χ0n) is 13.2. The maximum absolute atomic E-state index is 5.65. The molecule has 0 heterocycles. The van der Waals surface area contributed by atoms with Crippen molar-refractivity contribution in [2.24, 2.45) is 0 Å². The molecule has 1 nitrogen and oxygen atoms in total. The molecule has 2 radical (unpaired) electrons. The molecule has 0 atom stereocenters. The molecule has 1 rings (SSSR count). The summed E-state index contributed by atoms with van der Waals surface area (Å²) in [6.45, 7) is 3.12. The van der Waals surface area contributed by atoms with Crippen LogP contribution in [-0.4, -0.2) is 65.7 Å². The summed E-state index contributed by atoms with van der Waals surface area (Å²) in [7, 11) is 0. The summed E-state index contributed by atoms with van der Waals surface area (Å²) in [6, 6.07) is 10.1. The Hall–Kier alpha value is 1.02. The summed E-state index contributed by atoms with van der Waals surface area (Å²) in [5.74, 6) is 0.996. The minimum absolute atomic E-state index is 0. The van der Waals surface area contributed by atoms with E-state index in [0.717, 1.165) is 12.4 Å². The van der Waals surface area contributed by atoms with Gasteiger partial charge in [-0.2, -0.15) is 0 Å². The third kappa shape index (κ3) is 13.7. The first-order valence-electron chi connectivity index (χ1n) is 7.11. The van der Waals surface area contributed by atoms with E-state index in [1.54, 1.807) is 0 Å². The van der Waals surface area contributed by atoms with Gasteiger partial charge in [0, 0.05) is 59.1 Å². The third-order valence-corrected chi connectivity index (χ3v) is 3.01. The molecule has 0 aliphatic carbocycles. The van der Waals surface area contributed by atoms with E-state index in [0.29, 0.717) is 0 Å². The van der Waals surface area contributed by atoms with Crippen LogP contribution in [-0.2, 0) is 0 Å². The summed E-state index contributed by atoms with van der Waals surface area (Å²) in [5.41, 5.74) is 0. The molecule has 0 aliphatic rings. The van der Waals surface area contributed by atoms with Crippen molar-refractivity contribution in [1.82, 2.24) is 0 Å². The Morgan fingerprint density at radius 2 is 1.26 bits per heavy atom. The molecule has 0 N–H and O–H groups in total. The summed E-state index contributed by atoms with van der Waals surface area (Å²) in [5, 5.41) is 0. The smallest absolute Gasteiger partial charge is 0.119 e. The first-order chi connectivity index (χ1) is 8.43. The molecule has 0 aliphatic heterocycles. The quantitative estimate of drug-likeness (QED) is 0.454. The molecule has 1 aromatic carbocycles. The van der Waals surface area contributed by atoms with Crippen molar-refractivity contribution in [1.29, 1.82) is 0 Å². The van der Waals surface area contributed by atoms with Gasteiger partial charge >= 0.3 is 0 Å². The van der Waals surface area contributed by atoms with Gasteiger partial charge in [0.2, 0.25) is 0 Å². The second-order valence-corrected chi connectivity index (χ2v) is 4.64. The van der Waals surface area contributed by atoms with E-state index >= 15 is 0 Å². The molecule has 0 bridgehead atoms. The minimum Gasteiger partial charge on any atom is -0.494 e. The van der Waals surface area contributed by atoms with Gasteiger partial charge < -0.3 is 4.74 Å². The van der Waals surface area contributed by atoms with Gasteiger partial charge in [-0.1, -0.05) is 70.1 Å². The van der Waals surface area contributed by atoms with Crippen LogP contribution in [0, 0.1) is 0 Å². The van der Waals surface area contributed by atoms with Gasteiger partial charge in [0.1, 0.15) is 5.75 Å². The van der Waals surface area contributed by atoms with Crippen molar-refractivity contribution < 1.29 is 4.74 Å². The predicted molar refractivity (Wildman–Crippen MR) is 86.1 cm³/mol. The fraction of sp³-hybridized carbons (Fsp3) is 0.625. The van der Waals surface area contributed by atoms with Crippen LogP contribution in [0.15, 0.2) is 30.3 Å². The van der Waals surface area contributed by atoms with Gasteiger partial charge in [-0.15, -0.1) is 0 Å². The van der Waals surface area contributed by atoms with Crippen LogP contribution in [0.1, 0.15) is 58.3 Å². The van der Waals surface area contributed by atoms with Gasteiger partial charge in [-0.05, 0) is 18.6 Å². The van der Waals surface area contributed by atoms with E-state index in [1.807, 2.05) is 30.3 Å². The molecule has 0 saturated carbocycles. The maximum Gasteiger partial charge on any atom is 0.119 e. The largest absolute Gasteiger partial charge is 0.494 e. The molecule has 0 saturated heterocycles. The van der Waals surface area contributed by atoms with E-state index in [9.17, 15) is 0 Å². The van der Waals surface area contributed by atoms with Gasteiger partial charge in [-0.25, -0.2) is 0 Å². The number of hydrogen-bond acceptors (Lipinski definition) is 1. The Labute approximate surface area is 163 Å². The fourth-order valence-corrected chi connectivity index (χ4v) is 1.94.